The first-order chi connectivity index (χ1) is 14.9. The van der Waals surface area contributed by atoms with Crippen molar-refractivity contribution in [2.75, 3.05) is 45.7 Å². The van der Waals surface area contributed by atoms with Gasteiger partial charge in [-0.1, -0.05) is 6.92 Å². The van der Waals surface area contributed by atoms with Crippen molar-refractivity contribution in [2.24, 2.45) is 5.92 Å². The zero-order chi connectivity index (χ0) is 24.1. The van der Waals surface area contributed by atoms with Gasteiger partial charge in [0.15, 0.2) is 0 Å². The van der Waals surface area contributed by atoms with E-state index in [9.17, 15) is 22.8 Å². The predicted octanol–water partition coefficient (Wildman–Crippen LogP) is 3.40. The lowest BCUT2D eigenvalue weighted by atomic mass is 10.0. The molecule has 0 unspecified atom stereocenters. The number of nitrogens with zero attached hydrogens (tertiary/aromatic N) is 2. The number of hydrogen-bond donors (Lipinski definition) is 1. The summed E-state index contributed by atoms with van der Waals surface area (Å²) in [6, 6.07) is 4.42. The van der Waals surface area contributed by atoms with Crippen molar-refractivity contribution in [2.45, 2.75) is 45.5 Å². The third-order valence-corrected chi connectivity index (χ3v) is 5.58. The number of ether oxygens (including phenoxy) is 2. The molecule has 32 heavy (non-hydrogen) atoms. The van der Waals surface area contributed by atoms with Gasteiger partial charge in [0.05, 0.1) is 18.1 Å². The molecule has 10 heteroatoms. The molecule has 1 aromatic carbocycles. The van der Waals surface area contributed by atoms with Crippen LogP contribution in [0, 0.1) is 5.92 Å². The fourth-order valence-electron chi connectivity index (χ4n) is 3.71. The zero-order valence-electron chi connectivity index (χ0n) is 19.2. The van der Waals surface area contributed by atoms with E-state index in [0.717, 1.165) is 0 Å². The topological polar surface area (TPSA) is 71.1 Å². The summed E-state index contributed by atoms with van der Waals surface area (Å²) in [6.07, 6.45) is -5.54. The van der Waals surface area contributed by atoms with Gasteiger partial charge >= 0.3 is 6.18 Å². The fourth-order valence-corrected chi connectivity index (χ4v) is 3.71. The van der Waals surface area contributed by atoms with Crippen LogP contribution in [0.4, 0.5) is 18.9 Å². The van der Waals surface area contributed by atoms with Crippen LogP contribution in [0.1, 0.15) is 37.6 Å². The molecule has 0 saturated heterocycles. The fraction of sp³-hybridized carbons (Fsp3) is 0.636. The number of nitrogens with one attached hydrogen (secondary N) is 1. The minimum Gasteiger partial charge on any atom is -0.491 e. The highest BCUT2D eigenvalue weighted by Crippen LogP contribution is 2.27. The number of rotatable bonds is 4. The molecule has 1 aliphatic heterocycles. The van der Waals surface area contributed by atoms with Gasteiger partial charge in [0.25, 0.3) is 5.91 Å². The van der Waals surface area contributed by atoms with Crippen molar-refractivity contribution in [3.8, 4) is 5.75 Å². The summed E-state index contributed by atoms with van der Waals surface area (Å²) < 4.78 is 50.1. The van der Waals surface area contributed by atoms with Gasteiger partial charge in [-0.15, -0.1) is 0 Å². The van der Waals surface area contributed by atoms with E-state index in [1.165, 1.54) is 18.9 Å². The van der Waals surface area contributed by atoms with Crippen LogP contribution in [-0.4, -0.2) is 80.3 Å². The number of fused-ring (bicyclic) bond motifs is 1. The Morgan fingerprint density at radius 2 is 1.97 bits per heavy atom. The number of hydrogen-bond acceptors (Lipinski definition) is 5. The number of carbonyl (C=O) groups excluding carboxylic acids is 2. The molecule has 0 aromatic heterocycles. The first-order valence-corrected chi connectivity index (χ1v) is 10.5. The van der Waals surface area contributed by atoms with Gasteiger partial charge in [-0.3, -0.25) is 14.5 Å². The molecule has 0 saturated carbocycles. The van der Waals surface area contributed by atoms with Crippen LogP contribution in [0.2, 0.25) is 0 Å². The molecule has 0 aliphatic carbocycles. The molecular formula is C22H32F3N3O4. The monoisotopic (exact) mass is 459 g/mol. The van der Waals surface area contributed by atoms with Crippen molar-refractivity contribution in [3.63, 3.8) is 0 Å². The van der Waals surface area contributed by atoms with Crippen LogP contribution in [0.25, 0.3) is 0 Å². The summed E-state index contributed by atoms with van der Waals surface area (Å²) in [5.74, 6) is -0.401. The van der Waals surface area contributed by atoms with E-state index in [1.807, 2.05) is 6.92 Å². The van der Waals surface area contributed by atoms with Crippen LogP contribution in [0.5, 0.6) is 5.75 Å². The van der Waals surface area contributed by atoms with E-state index in [1.54, 1.807) is 37.1 Å². The second kappa shape index (κ2) is 11.0. The van der Waals surface area contributed by atoms with Crippen LogP contribution < -0.4 is 10.1 Å². The maximum atomic E-state index is 13.2. The molecule has 2 amide bonds. The number of halogens is 3. The third-order valence-electron chi connectivity index (χ3n) is 5.58. The summed E-state index contributed by atoms with van der Waals surface area (Å²) in [6.45, 7) is 5.64. The number of carbonyl (C=O) groups is 2. The van der Waals surface area contributed by atoms with Gasteiger partial charge in [-0.25, -0.2) is 0 Å². The van der Waals surface area contributed by atoms with Gasteiger partial charge in [0.2, 0.25) is 5.91 Å². The largest absolute Gasteiger partial charge is 0.491 e. The number of alkyl halides is 3. The Morgan fingerprint density at radius 1 is 1.28 bits per heavy atom. The molecule has 0 spiro atoms. The Bertz CT molecular complexity index is 803. The molecule has 1 aliphatic rings. The maximum absolute atomic E-state index is 13.2. The summed E-state index contributed by atoms with van der Waals surface area (Å²) in [7, 11) is 3.16. The molecule has 3 atom stereocenters. The average Bonchev–Trinajstić information content (AvgIpc) is 2.70. The summed E-state index contributed by atoms with van der Waals surface area (Å²) >= 11 is 0. The first kappa shape index (κ1) is 25.9. The Morgan fingerprint density at radius 3 is 2.56 bits per heavy atom. The summed E-state index contributed by atoms with van der Waals surface area (Å²) in [5.41, 5.74) is 0.709. The van der Waals surface area contributed by atoms with Crippen molar-refractivity contribution in [3.05, 3.63) is 23.8 Å². The molecule has 1 heterocycles. The van der Waals surface area contributed by atoms with E-state index in [4.69, 9.17) is 9.47 Å². The number of anilines is 1. The third kappa shape index (κ3) is 7.37. The Kier molecular flexibility index (Phi) is 8.91. The summed E-state index contributed by atoms with van der Waals surface area (Å²) in [4.78, 5) is 27.8. The van der Waals surface area contributed by atoms with Crippen LogP contribution in [0.3, 0.4) is 0 Å². The highest BCUT2D eigenvalue weighted by molar-refractivity contribution is 5.99. The number of likely N-dealkylation sites (N-methyl/N-ethyl adjacent to an activating group) is 1. The minimum atomic E-state index is -4.26. The Hall–Kier alpha value is -2.33. The van der Waals surface area contributed by atoms with Gasteiger partial charge in [0.1, 0.15) is 12.4 Å². The maximum Gasteiger partial charge on any atom is 0.390 e. The van der Waals surface area contributed by atoms with Gasteiger partial charge in [-0.2, -0.15) is 13.2 Å². The Labute approximate surface area is 186 Å². The second-order valence-electron chi connectivity index (χ2n) is 8.35. The first-order valence-electron chi connectivity index (χ1n) is 10.5. The van der Waals surface area contributed by atoms with Crippen molar-refractivity contribution < 1.29 is 32.2 Å². The lowest BCUT2D eigenvalue weighted by molar-refractivity contribution is -0.140. The smallest absolute Gasteiger partial charge is 0.390 e. The van der Waals surface area contributed by atoms with Crippen molar-refractivity contribution >= 4 is 17.5 Å². The minimum absolute atomic E-state index is 0.103. The molecule has 0 radical (unpaired) electrons. The second-order valence-corrected chi connectivity index (χ2v) is 8.35. The van der Waals surface area contributed by atoms with Crippen LogP contribution in [0.15, 0.2) is 18.2 Å². The molecule has 7 nitrogen and oxygen atoms in total. The number of methoxy groups -OCH3 is 1. The van der Waals surface area contributed by atoms with Crippen LogP contribution >= 0.6 is 0 Å². The van der Waals surface area contributed by atoms with E-state index in [0.29, 0.717) is 18.0 Å². The summed E-state index contributed by atoms with van der Waals surface area (Å²) in [5, 5.41) is 2.65. The molecule has 0 fully saturated rings. The molecule has 180 valence electrons. The van der Waals surface area contributed by atoms with Crippen molar-refractivity contribution in [1.29, 1.82) is 0 Å². The molecule has 1 aromatic rings. The van der Waals surface area contributed by atoms with Gasteiger partial charge in [0, 0.05) is 52.4 Å². The van der Waals surface area contributed by atoms with E-state index in [2.05, 4.69) is 5.32 Å². The molecule has 1 N–H and O–H groups in total. The van der Waals surface area contributed by atoms with Crippen LogP contribution in [-0.2, 0) is 9.53 Å². The quantitative estimate of drug-likeness (QED) is 0.747. The zero-order valence-corrected chi connectivity index (χ0v) is 19.2. The normalized spacial score (nSPS) is 23.6. The van der Waals surface area contributed by atoms with E-state index < -0.39 is 12.6 Å². The van der Waals surface area contributed by atoms with Gasteiger partial charge in [-0.05, 0) is 31.0 Å². The highest BCUT2D eigenvalue weighted by atomic mass is 19.4. The standard InChI is InChI=1S/C22H32F3N3O4/c1-14-11-28(9-8-22(23,24)25)15(2)13-32-19-7-6-17(26-16(3)29)10-18(19)21(30)27(4)12-20(14)31-5/h6-7,10,14-15,20H,8-9,11-13H2,1-5H3,(H,26,29)/t14-,15-,20-/m0/s1. The molecular weight excluding hydrogens is 427 g/mol. The lowest BCUT2D eigenvalue weighted by Gasteiger charge is -2.36. The number of amides is 2. The SMILES string of the molecule is CO[C@H]1CN(C)C(=O)c2cc(NC(C)=O)ccc2OC[C@H](C)N(CCC(F)(F)F)C[C@@H]1C. The lowest BCUT2D eigenvalue weighted by Crippen LogP contribution is -2.47. The van der Waals surface area contributed by atoms with E-state index >= 15 is 0 Å². The predicted molar refractivity (Wildman–Crippen MR) is 115 cm³/mol. The van der Waals surface area contributed by atoms with E-state index in [-0.39, 0.29) is 55.1 Å². The average molecular weight is 460 g/mol. The number of benzene rings is 1. The highest BCUT2D eigenvalue weighted by Gasteiger charge is 2.32. The molecule has 2 rings (SSSR count). The Balaban J connectivity index is 2.39. The van der Waals surface area contributed by atoms with Crippen molar-refractivity contribution in [1.82, 2.24) is 9.80 Å². The van der Waals surface area contributed by atoms with Gasteiger partial charge < -0.3 is 19.7 Å². The molecule has 0 bridgehead atoms.